The lowest BCUT2D eigenvalue weighted by atomic mass is 10.1. The molecule has 0 aliphatic heterocycles. The maximum atomic E-state index is 13.9. The molecule has 25 heavy (non-hydrogen) atoms. The Bertz CT molecular complexity index is 1100. The molecule has 4 nitrogen and oxygen atoms in total. The standard InChI is InChI=1S/C20H12FN3O/c21-16-6-2-1-5-15(16)19-10-9-14(25-19)11-13(12-22)20-23-17-7-3-4-8-18(17)24-20/h1-11H,(H,23,24)/b13-11-. The summed E-state index contributed by atoms with van der Waals surface area (Å²) >= 11 is 0. The normalized spacial score (nSPS) is 11.6. The summed E-state index contributed by atoms with van der Waals surface area (Å²) < 4.78 is 19.5. The van der Waals surface area contributed by atoms with Gasteiger partial charge in [0.05, 0.1) is 22.2 Å². The average Bonchev–Trinajstić information content (AvgIpc) is 3.26. The molecule has 0 saturated heterocycles. The summed E-state index contributed by atoms with van der Waals surface area (Å²) in [6, 6.07) is 19.4. The van der Waals surface area contributed by atoms with Crippen molar-refractivity contribution in [3.63, 3.8) is 0 Å². The van der Waals surface area contributed by atoms with Crippen molar-refractivity contribution >= 4 is 22.7 Å². The third-order valence-corrected chi connectivity index (χ3v) is 3.82. The summed E-state index contributed by atoms with van der Waals surface area (Å²) in [4.78, 5) is 7.52. The minimum absolute atomic E-state index is 0.339. The molecule has 0 spiro atoms. The molecule has 0 fully saturated rings. The van der Waals surface area contributed by atoms with Gasteiger partial charge in [0.2, 0.25) is 0 Å². The van der Waals surface area contributed by atoms with Gasteiger partial charge in [-0.3, -0.25) is 0 Å². The van der Waals surface area contributed by atoms with Crippen LogP contribution >= 0.6 is 0 Å². The number of aromatic nitrogens is 2. The van der Waals surface area contributed by atoms with E-state index in [1.807, 2.05) is 24.3 Å². The van der Waals surface area contributed by atoms with Crippen LogP contribution in [0.1, 0.15) is 11.6 Å². The molecule has 0 aliphatic carbocycles. The van der Waals surface area contributed by atoms with E-state index in [4.69, 9.17) is 4.42 Å². The first kappa shape index (κ1) is 14.9. The number of nitrogens with one attached hydrogen (secondary N) is 1. The predicted octanol–water partition coefficient (Wildman–Crippen LogP) is 5.03. The summed E-state index contributed by atoms with van der Waals surface area (Å²) in [6.07, 6.45) is 1.59. The molecule has 0 aliphatic rings. The molecule has 2 aromatic heterocycles. The van der Waals surface area contributed by atoms with Crippen LogP contribution in [0, 0.1) is 17.1 Å². The van der Waals surface area contributed by atoms with E-state index in [9.17, 15) is 9.65 Å². The maximum Gasteiger partial charge on any atom is 0.149 e. The number of hydrogen-bond donors (Lipinski definition) is 1. The van der Waals surface area contributed by atoms with E-state index in [0.29, 0.717) is 28.5 Å². The third kappa shape index (κ3) is 2.81. The molecule has 0 unspecified atom stereocenters. The average molecular weight is 329 g/mol. The van der Waals surface area contributed by atoms with Crippen LogP contribution in [-0.4, -0.2) is 9.97 Å². The second-order valence-corrected chi connectivity index (χ2v) is 5.45. The zero-order chi connectivity index (χ0) is 17.2. The lowest BCUT2D eigenvalue weighted by molar-refractivity contribution is 0.561. The summed E-state index contributed by atoms with van der Waals surface area (Å²) in [5.74, 6) is 0.971. The molecule has 0 amide bonds. The Morgan fingerprint density at radius 1 is 1.08 bits per heavy atom. The van der Waals surface area contributed by atoms with Gasteiger partial charge >= 0.3 is 0 Å². The van der Waals surface area contributed by atoms with Gasteiger partial charge in [-0.2, -0.15) is 5.26 Å². The number of halogens is 1. The Morgan fingerprint density at radius 2 is 1.88 bits per heavy atom. The first-order valence-corrected chi connectivity index (χ1v) is 7.66. The van der Waals surface area contributed by atoms with Crippen molar-refractivity contribution in [3.8, 4) is 17.4 Å². The number of hydrogen-bond acceptors (Lipinski definition) is 3. The number of para-hydroxylation sites is 2. The lowest BCUT2D eigenvalue weighted by Gasteiger charge is -1.98. The van der Waals surface area contributed by atoms with Gasteiger partial charge in [-0.15, -0.1) is 0 Å². The van der Waals surface area contributed by atoms with Gasteiger partial charge in [0.1, 0.15) is 29.2 Å². The SMILES string of the molecule is N#C/C(=C/c1ccc(-c2ccccc2F)o1)c1nc2ccccc2[nH]1. The molecule has 1 N–H and O–H groups in total. The summed E-state index contributed by atoms with van der Waals surface area (Å²) in [7, 11) is 0. The highest BCUT2D eigenvalue weighted by molar-refractivity contribution is 5.89. The summed E-state index contributed by atoms with van der Waals surface area (Å²) in [5, 5.41) is 9.45. The smallest absolute Gasteiger partial charge is 0.149 e. The van der Waals surface area contributed by atoms with E-state index in [-0.39, 0.29) is 5.82 Å². The number of imidazole rings is 1. The highest BCUT2D eigenvalue weighted by Crippen LogP contribution is 2.27. The van der Waals surface area contributed by atoms with Crippen LogP contribution in [0.5, 0.6) is 0 Å². The number of nitriles is 1. The molecule has 4 rings (SSSR count). The number of allylic oxidation sites excluding steroid dienone is 1. The molecule has 4 aromatic rings. The lowest BCUT2D eigenvalue weighted by Crippen LogP contribution is -1.84. The Labute approximate surface area is 142 Å². The van der Waals surface area contributed by atoms with Crippen molar-refractivity contribution in [2.24, 2.45) is 0 Å². The predicted molar refractivity (Wildman–Crippen MR) is 93.7 cm³/mol. The van der Waals surface area contributed by atoms with Crippen molar-refractivity contribution in [1.29, 1.82) is 5.26 Å². The van der Waals surface area contributed by atoms with Gasteiger partial charge in [-0.1, -0.05) is 24.3 Å². The number of rotatable bonds is 3. The van der Waals surface area contributed by atoms with Crippen LogP contribution in [0.2, 0.25) is 0 Å². The molecule has 0 radical (unpaired) electrons. The molecule has 2 aromatic carbocycles. The van der Waals surface area contributed by atoms with Crippen LogP contribution in [0.4, 0.5) is 4.39 Å². The number of nitrogens with zero attached hydrogens (tertiary/aromatic N) is 2. The fraction of sp³-hybridized carbons (Fsp3) is 0. The monoisotopic (exact) mass is 329 g/mol. The Morgan fingerprint density at radius 3 is 2.68 bits per heavy atom. The highest BCUT2D eigenvalue weighted by atomic mass is 19.1. The first-order valence-electron chi connectivity index (χ1n) is 7.66. The van der Waals surface area contributed by atoms with Crippen LogP contribution < -0.4 is 0 Å². The van der Waals surface area contributed by atoms with Crippen LogP contribution in [-0.2, 0) is 0 Å². The Kier molecular flexibility index (Phi) is 3.64. The molecular weight excluding hydrogens is 317 g/mol. The fourth-order valence-corrected chi connectivity index (χ4v) is 2.61. The summed E-state index contributed by atoms with van der Waals surface area (Å²) in [6.45, 7) is 0. The van der Waals surface area contributed by atoms with Crippen molar-refractivity contribution in [2.75, 3.05) is 0 Å². The zero-order valence-corrected chi connectivity index (χ0v) is 13.0. The largest absolute Gasteiger partial charge is 0.457 e. The third-order valence-electron chi connectivity index (χ3n) is 3.82. The number of aromatic amines is 1. The van der Waals surface area contributed by atoms with Crippen LogP contribution in [0.25, 0.3) is 34.0 Å². The van der Waals surface area contributed by atoms with E-state index < -0.39 is 0 Å². The van der Waals surface area contributed by atoms with Gasteiger partial charge in [-0.05, 0) is 36.4 Å². The van der Waals surface area contributed by atoms with E-state index >= 15 is 0 Å². The number of fused-ring (bicyclic) bond motifs is 1. The van der Waals surface area contributed by atoms with Gasteiger partial charge in [0.25, 0.3) is 0 Å². The van der Waals surface area contributed by atoms with E-state index in [0.717, 1.165) is 11.0 Å². The van der Waals surface area contributed by atoms with E-state index in [1.165, 1.54) is 6.07 Å². The number of benzene rings is 2. The van der Waals surface area contributed by atoms with E-state index in [1.54, 1.807) is 36.4 Å². The molecule has 120 valence electrons. The van der Waals surface area contributed by atoms with E-state index in [2.05, 4.69) is 16.0 Å². The molecule has 2 heterocycles. The molecular formula is C20H12FN3O. The van der Waals surface area contributed by atoms with Gasteiger partial charge in [0.15, 0.2) is 0 Å². The molecule has 0 atom stereocenters. The van der Waals surface area contributed by atoms with Gasteiger partial charge < -0.3 is 9.40 Å². The fourth-order valence-electron chi connectivity index (χ4n) is 2.61. The van der Waals surface area contributed by atoms with Crippen molar-refractivity contribution in [3.05, 3.63) is 78.1 Å². The van der Waals surface area contributed by atoms with Crippen molar-refractivity contribution in [2.45, 2.75) is 0 Å². The van der Waals surface area contributed by atoms with Crippen LogP contribution in [0.15, 0.2) is 65.1 Å². The van der Waals surface area contributed by atoms with Crippen molar-refractivity contribution in [1.82, 2.24) is 9.97 Å². The topological polar surface area (TPSA) is 65.6 Å². The Balaban J connectivity index is 1.72. The Hall–Kier alpha value is -3.65. The second-order valence-electron chi connectivity index (χ2n) is 5.45. The number of furan rings is 1. The zero-order valence-electron chi connectivity index (χ0n) is 13.0. The van der Waals surface area contributed by atoms with Gasteiger partial charge in [0, 0.05) is 6.08 Å². The minimum atomic E-state index is -0.356. The minimum Gasteiger partial charge on any atom is -0.457 e. The second kappa shape index (κ2) is 6.10. The molecule has 5 heteroatoms. The molecule has 0 bridgehead atoms. The van der Waals surface area contributed by atoms with Crippen LogP contribution in [0.3, 0.4) is 0 Å². The quantitative estimate of drug-likeness (QED) is 0.536. The first-order chi connectivity index (χ1) is 12.2. The molecule has 0 saturated carbocycles. The maximum absolute atomic E-state index is 13.9. The highest BCUT2D eigenvalue weighted by Gasteiger charge is 2.11. The van der Waals surface area contributed by atoms with Gasteiger partial charge in [-0.25, -0.2) is 9.37 Å². The number of H-pyrrole nitrogens is 1. The summed E-state index contributed by atoms with van der Waals surface area (Å²) in [5.41, 5.74) is 2.35. The van der Waals surface area contributed by atoms with Crippen molar-refractivity contribution < 1.29 is 8.81 Å².